The van der Waals surface area contributed by atoms with E-state index in [0.29, 0.717) is 6.61 Å². The van der Waals surface area contributed by atoms with Crippen LogP contribution in [0, 0.1) is 20.8 Å². The predicted molar refractivity (Wildman–Crippen MR) is 121 cm³/mol. The summed E-state index contributed by atoms with van der Waals surface area (Å²) in [5.74, 6) is 1.66. The van der Waals surface area contributed by atoms with Crippen molar-refractivity contribution >= 4 is 16.6 Å². The van der Waals surface area contributed by atoms with Crippen LogP contribution in [0.15, 0.2) is 42.5 Å². The summed E-state index contributed by atoms with van der Waals surface area (Å²) in [6.07, 6.45) is 0.0386. The molecular formula is C25H29N3O2. The lowest BCUT2D eigenvalue weighted by molar-refractivity contribution is 0.0587. The van der Waals surface area contributed by atoms with Crippen LogP contribution >= 0.6 is 0 Å². The van der Waals surface area contributed by atoms with Crippen LogP contribution in [-0.4, -0.2) is 55.3 Å². The zero-order chi connectivity index (χ0) is 20.7. The van der Waals surface area contributed by atoms with Crippen LogP contribution in [0.4, 0.5) is 5.69 Å². The van der Waals surface area contributed by atoms with Gasteiger partial charge in [0.1, 0.15) is 12.7 Å². The van der Waals surface area contributed by atoms with Crippen molar-refractivity contribution in [1.82, 2.24) is 9.88 Å². The summed E-state index contributed by atoms with van der Waals surface area (Å²) >= 11 is 0. The van der Waals surface area contributed by atoms with E-state index in [1.165, 1.54) is 16.8 Å². The highest BCUT2D eigenvalue weighted by Gasteiger charge is 2.27. The maximum absolute atomic E-state index is 6.41. The third-order valence-corrected chi connectivity index (χ3v) is 6.39. The second kappa shape index (κ2) is 7.80. The molecule has 3 aromatic rings. The van der Waals surface area contributed by atoms with Crippen LogP contribution in [0.25, 0.3) is 10.9 Å². The Bertz CT molecular complexity index is 1070. The van der Waals surface area contributed by atoms with Gasteiger partial charge < -0.3 is 14.4 Å². The number of piperazine rings is 1. The first kappa shape index (κ1) is 19.2. The maximum Gasteiger partial charge on any atom is 0.171 e. The average Bonchev–Trinajstić information content (AvgIpc) is 2.76. The van der Waals surface area contributed by atoms with E-state index in [1.807, 2.05) is 25.1 Å². The van der Waals surface area contributed by atoms with Crippen molar-refractivity contribution in [3.8, 4) is 11.5 Å². The maximum atomic E-state index is 6.41. The predicted octanol–water partition coefficient (Wildman–Crippen LogP) is 4.12. The zero-order valence-corrected chi connectivity index (χ0v) is 18.0. The summed E-state index contributed by atoms with van der Waals surface area (Å²) in [4.78, 5) is 9.63. The molecule has 30 heavy (non-hydrogen) atoms. The van der Waals surface area contributed by atoms with Crippen LogP contribution < -0.4 is 14.4 Å². The van der Waals surface area contributed by atoms with Gasteiger partial charge in [0.05, 0.1) is 5.52 Å². The molecule has 0 amide bonds. The first-order valence-electron chi connectivity index (χ1n) is 10.8. The monoisotopic (exact) mass is 403 g/mol. The molecule has 1 fully saturated rings. The highest BCUT2D eigenvalue weighted by molar-refractivity contribution is 5.88. The number of aromatic nitrogens is 1. The van der Waals surface area contributed by atoms with Gasteiger partial charge >= 0.3 is 0 Å². The van der Waals surface area contributed by atoms with Gasteiger partial charge in [0, 0.05) is 49.5 Å². The molecule has 2 aliphatic rings. The van der Waals surface area contributed by atoms with E-state index >= 15 is 0 Å². The number of nitrogens with zero attached hydrogens (tertiary/aromatic N) is 3. The molecular weight excluding hydrogens is 374 g/mol. The highest BCUT2D eigenvalue weighted by Crippen LogP contribution is 2.38. The van der Waals surface area contributed by atoms with Crippen molar-refractivity contribution in [3.05, 3.63) is 59.3 Å². The Hall–Kier alpha value is -2.79. The van der Waals surface area contributed by atoms with Gasteiger partial charge in [-0.1, -0.05) is 12.1 Å². The molecule has 0 bridgehead atoms. The quantitative estimate of drug-likeness (QED) is 0.658. The lowest BCUT2D eigenvalue weighted by Gasteiger charge is -2.39. The first-order valence-corrected chi connectivity index (χ1v) is 10.8. The van der Waals surface area contributed by atoms with Crippen LogP contribution in [0.1, 0.15) is 16.8 Å². The fourth-order valence-electron chi connectivity index (χ4n) is 4.51. The smallest absolute Gasteiger partial charge is 0.171 e. The molecule has 0 N–H and O–H groups in total. The minimum Gasteiger partial charge on any atom is -0.486 e. The molecule has 5 heteroatoms. The van der Waals surface area contributed by atoms with Gasteiger partial charge in [0.2, 0.25) is 0 Å². The molecule has 0 radical (unpaired) electrons. The largest absolute Gasteiger partial charge is 0.486 e. The second-order valence-electron chi connectivity index (χ2n) is 8.47. The molecule has 5 nitrogen and oxygen atoms in total. The molecule has 0 saturated carbocycles. The molecule has 2 aromatic carbocycles. The normalized spacial score (nSPS) is 19.3. The minimum atomic E-state index is 0.0386. The summed E-state index contributed by atoms with van der Waals surface area (Å²) in [6.45, 7) is 12.1. The Morgan fingerprint density at radius 1 is 0.967 bits per heavy atom. The van der Waals surface area contributed by atoms with Crippen molar-refractivity contribution in [2.75, 3.05) is 44.2 Å². The standard InChI is InChI=1S/C25H29N3O2/c1-17-5-4-6-23(19(17)3)28-13-11-27(12-14-28)15-20-16-29-24-10-9-22-21(25(24)30-20)8-7-18(2)26-22/h4-10,20H,11-16H2,1-3H3/t20-/m0/s1. The SMILES string of the molecule is Cc1ccc2c3c(ccc2n1)OC[C@H](CN1CCN(c2cccc(C)c2C)CC1)O3. The second-order valence-corrected chi connectivity index (χ2v) is 8.47. The van der Waals surface area contributed by atoms with Crippen LogP contribution in [0.3, 0.4) is 0 Å². The number of anilines is 1. The number of hydrogen-bond acceptors (Lipinski definition) is 5. The van der Waals surface area contributed by atoms with Crippen molar-refractivity contribution < 1.29 is 9.47 Å². The summed E-state index contributed by atoms with van der Waals surface area (Å²) in [5, 5.41) is 1.03. The molecule has 5 rings (SSSR count). The lowest BCUT2D eigenvalue weighted by atomic mass is 10.1. The topological polar surface area (TPSA) is 37.8 Å². The summed E-state index contributed by atoms with van der Waals surface area (Å²) in [6, 6.07) is 14.7. The van der Waals surface area contributed by atoms with E-state index in [0.717, 1.165) is 60.8 Å². The van der Waals surface area contributed by atoms with Crippen LogP contribution in [0.2, 0.25) is 0 Å². The number of aryl methyl sites for hydroxylation is 2. The Labute approximate surface area is 178 Å². The summed E-state index contributed by atoms with van der Waals surface area (Å²) in [5.41, 5.74) is 6.09. The number of benzene rings is 2. The van der Waals surface area contributed by atoms with Gasteiger partial charge in [-0.15, -0.1) is 0 Å². The number of rotatable bonds is 3. The van der Waals surface area contributed by atoms with Crippen molar-refractivity contribution in [2.45, 2.75) is 26.9 Å². The third-order valence-electron chi connectivity index (χ3n) is 6.39. The van der Waals surface area contributed by atoms with Gasteiger partial charge in [-0.3, -0.25) is 9.88 Å². The Morgan fingerprint density at radius 2 is 1.80 bits per heavy atom. The van der Waals surface area contributed by atoms with E-state index in [-0.39, 0.29) is 6.10 Å². The molecule has 0 spiro atoms. The van der Waals surface area contributed by atoms with Gasteiger partial charge in [-0.05, 0) is 62.2 Å². The Morgan fingerprint density at radius 3 is 2.63 bits per heavy atom. The van der Waals surface area contributed by atoms with Crippen LogP contribution in [0.5, 0.6) is 11.5 Å². The van der Waals surface area contributed by atoms with Gasteiger partial charge in [0.15, 0.2) is 11.5 Å². The van der Waals surface area contributed by atoms with E-state index in [4.69, 9.17) is 9.47 Å². The molecule has 156 valence electrons. The van der Waals surface area contributed by atoms with E-state index < -0.39 is 0 Å². The van der Waals surface area contributed by atoms with Gasteiger partial charge in [-0.25, -0.2) is 0 Å². The minimum absolute atomic E-state index is 0.0386. The van der Waals surface area contributed by atoms with Crippen molar-refractivity contribution in [3.63, 3.8) is 0 Å². The molecule has 1 aromatic heterocycles. The van der Waals surface area contributed by atoms with Gasteiger partial charge in [0.25, 0.3) is 0 Å². The fraction of sp³-hybridized carbons (Fsp3) is 0.400. The fourth-order valence-corrected chi connectivity index (χ4v) is 4.51. The van der Waals surface area contributed by atoms with E-state index in [2.05, 4.69) is 52.9 Å². The molecule has 1 atom stereocenters. The molecule has 1 saturated heterocycles. The number of fused-ring (bicyclic) bond motifs is 3. The summed E-state index contributed by atoms with van der Waals surface area (Å²) in [7, 11) is 0. The van der Waals surface area contributed by atoms with Crippen LogP contribution in [-0.2, 0) is 0 Å². The molecule has 0 aliphatic carbocycles. The Kier molecular flexibility index (Phi) is 4.99. The van der Waals surface area contributed by atoms with Crippen molar-refractivity contribution in [1.29, 1.82) is 0 Å². The number of ether oxygens (including phenoxy) is 2. The first-order chi connectivity index (χ1) is 14.6. The van der Waals surface area contributed by atoms with E-state index in [9.17, 15) is 0 Å². The molecule has 3 heterocycles. The highest BCUT2D eigenvalue weighted by atomic mass is 16.6. The number of pyridine rings is 1. The third kappa shape index (κ3) is 3.58. The molecule has 0 unspecified atom stereocenters. The Balaban J connectivity index is 1.25. The molecule has 2 aliphatic heterocycles. The zero-order valence-electron chi connectivity index (χ0n) is 18.0. The van der Waals surface area contributed by atoms with Gasteiger partial charge in [-0.2, -0.15) is 0 Å². The van der Waals surface area contributed by atoms with E-state index in [1.54, 1.807) is 0 Å². The average molecular weight is 404 g/mol. The lowest BCUT2D eigenvalue weighted by Crippen LogP contribution is -2.50. The summed E-state index contributed by atoms with van der Waals surface area (Å²) < 4.78 is 12.5. The number of hydrogen-bond donors (Lipinski definition) is 0. The van der Waals surface area contributed by atoms with Crippen molar-refractivity contribution in [2.24, 2.45) is 0 Å².